The molecule has 1 saturated heterocycles. The average molecular weight is 541 g/mol. The number of benzene rings is 1. The van der Waals surface area contributed by atoms with Gasteiger partial charge in [-0.3, -0.25) is 20.0 Å². The first kappa shape index (κ1) is 25.6. The van der Waals surface area contributed by atoms with Gasteiger partial charge in [0.25, 0.3) is 0 Å². The number of nitrogens with one attached hydrogen (secondary N) is 1. The lowest BCUT2D eigenvalue weighted by Gasteiger charge is -2.32. The standard InChI is InChI=1S/C27H27Cl2FN6O/c1-17(27-22(28)14-31-15-23(27)29)37-20-5-6-25-21(11-20)26(34-33-25)12-24(30)18-3-4-19(32-13-18)16-36-9-7-35(2)8-10-36/h3-6,11-15,17H,7-10,16H2,1-2H3,(H,33,34)/b24-12-/t17-/m1/s1. The third-order valence-electron chi connectivity index (χ3n) is 6.52. The molecular weight excluding hydrogens is 514 g/mol. The van der Waals surface area contributed by atoms with Gasteiger partial charge in [-0.15, -0.1) is 0 Å². The maximum atomic E-state index is 15.2. The molecule has 0 aliphatic carbocycles. The molecule has 37 heavy (non-hydrogen) atoms. The number of H-pyrrole nitrogens is 1. The van der Waals surface area contributed by atoms with E-state index in [2.05, 4.69) is 37.0 Å². The molecule has 1 aliphatic heterocycles. The topological polar surface area (TPSA) is 70.2 Å². The molecule has 5 rings (SSSR count). The molecule has 0 spiro atoms. The summed E-state index contributed by atoms with van der Waals surface area (Å²) in [7, 11) is 2.13. The van der Waals surface area contributed by atoms with E-state index in [4.69, 9.17) is 27.9 Å². The van der Waals surface area contributed by atoms with Crippen molar-refractivity contribution in [3.8, 4) is 5.75 Å². The number of aromatic nitrogens is 4. The molecule has 0 radical (unpaired) electrons. The largest absolute Gasteiger partial charge is 0.486 e. The summed E-state index contributed by atoms with van der Waals surface area (Å²) in [5.41, 5.74) is 3.22. The monoisotopic (exact) mass is 540 g/mol. The van der Waals surface area contributed by atoms with E-state index in [1.165, 1.54) is 18.5 Å². The van der Waals surface area contributed by atoms with E-state index in [0.29, 0.717) is 38.1 Å². The number of ether oxygens (including phenoxy) is 1. The first-order valence-electron chi connectivity index (χ1n) is 12.0. The summed E-state index contributed by atoms with van der Waals surface area (Å²) in [6.07, 6.45) is 5.64. The van der Waals surface area contributed by atoms with E-state index in [9.17, 15) is 0 Å². The van der Waals surface area contributed by atoms with Crippen molar-refractivity contribution in [3.05, 3.63) is 81.5 Å². The number of hydrogen-bond acceptors (Lipinski definition) is 6. The van der Waals surface area contributed by atoms with Crippen molar-refractivity contribution in [2.24, 2.45) is 0 Å². The van der Waals surface area contributed by atoms with E-state index in [1.54, 1.807) is 18.3 Å². The number of rotatable bonds is 7. The van der Waals surface area contributed by atoms with Gasteiger partial charge in [-0.1, -0.05) is 23.2 Å². The van der Waals surface area contributed by atoms with Crippen molar-refractivity contribution >= 4 is 46.0 Å². The quantitative estimate of drug-likeness (QED) is 0.309. The molecule has 0 amide bonds. The van der Waals surface area contributed by atoms with Crippen LogP contribution in [-0.4, -0.2) is 63.2 Å². The third-order valence-corrected chi connectivity index (χ3v) is 7.12. The number of hydrogen-bond donors (Lipinski definition) is 1. The van der Waals surface area contributed by atoms with Crippen LogP contribution in [0.25, 0.3) is 22.8 Å². The maximum absolute atomic E-state index is 15.2. The SMILES string of the molecule is C[C@@H](Oc1ccc2n[nH]c(/C=C(\F)c3ccc(CN4CCN(C)CC4)nc3)c2c1)c1c(Cl)cncc1Cl. The van der Waals surface area contributed by atoms with Gasteiger partial charge in [-0.05, 0) is 44.3 Å². The van der Waals surface area contributed by atoms with Gasteiger partial charge in [0, 0.05) is 73.9 Å². The third kappa shape index (κ3) is 5.93. The Balaban J connectivity index is 1.32. The van der Waals surface area contributed by atoms with Gasteiger partial charge < -0.3 is 9.64 Å². The van der Waals surface area contributed by atoms with Crippen LogP contribution < -0.4 is 4.74 Å². The molecule has 1 atom stereocenters. The molecule has 1 fully saturated rings. The minimum atomic E-state index is -0.418. The second kappa shape index (κ2) is 11.1. The summed E-state index contributed by atoms with van der Waals surface area (Å²) in [5, 5.41) is 8.79. The van der Waals surface area contributed by atoms with Gasteiger partial charge in [-0.25, -0.2) is 4.39 Å². The van der Waals surface area contributed by atoms with Crippen molar-refractivity contribution in [2.45, 2.75) is 19.6 Å². The van der Waals surface area contributed by atoms with Gasteiger partial charge in [0.2, 0.25) is 0 Å². The fraction of sp³-hybridized carbons (Fsp3) is 0.296. The number of piperazine rings is 1. The van der Waals surface area contributed by atoms with Gasteiger partial charge >= 0.3 is 0 Å². The summed E-state index contributed by atoms with van der Waals surface area (Å²) in [6.45, 7) is 6.73. The fourth-order valence-corrected chi connectivity index (χ4v) is 5.04. The van der Waals surface area contributed by atoms with E-state index in [1.807, 2.05) is 25.1 Å². The normalized spacial score (nSPS) is 16.3. The zero-order chi connectivity index (χ0) is 25.9. The minimum Gasteiger partial charge on any atom is -0.486 e. The van der Waals surface area contributed by atoms with Crippen molar-refractivity contribution in [3.63, 3.8) is 0 Å². The first-order valence-corrected chi connectivity index (χ1v) is 12.8. The lowest BCUT2D eigenvalue weighted by Crippen LogP contribution is -2.43. The predicted molar refractivity (Wildman–Crippen MR) is 145 cm³/mol. The highest BCUT2D eigenvalue weighted by Crippen LogP contribution is 2.34. The van der Waals surface area contributed by atoms with E-state index >= 15 is 4.39 Å². The van der Waals surface area contributed by atoms with Crippen LogP contribution in [0, 0.1) is 0 Å². The summed E-state index contributed by atoms with van der Waals surface area (Å²) in [4.78, 5) is 13.1. The average Bonchev–Trinajstić information content (AvgIpc) is 3.27. The van der Waals surface area contributed by atoms with Crippen LogP contribution in [0.5, 0.6) is 5.75 Å². The van der Waals surface area contributed by atoms with Crippen LogP contribution in [0.2, 0.25) is 10.0 Å². The van der Waals surface area contributed by atoms with Crippen LogP contribution >= 0.6 is 23.2 Å². The molecule has 0 bridgehead atoms. The van der Waals surface area contributed by atoms with Gasteiger partial charge in [-0.2, -0.15) is 5.10 Å². The Hall–Kier alpha value is -3.04. The molecule has 1 N–H and O–H groups in total. The zero-order valence-corrected chi connectivity index (χ0v) is 22.1. The first-order chi connectivity index (χ1) is 17.9. The predicted octanol–water partition coefficient (Wildman–Crippen LogP) is 6.01. The Kier molecular flexibility index (Phi) is 7.71. The van der Waals surface area contributed by atoms with Crippen molar-refractivity contribution < 1.29 is 9.13 Å². The fourth-order valence-electron chi connectivity index (χ4n) is 4.37. The van der Waals surface area contributed by atoms with E-state index < -0.39 is 11.9 Å². The molecule has 10 heteroatoms. The van der Waals surface area contributed by atoms with Crippen molar-refractivity contribution in [1.82, 2.24) is 30.0 Å². The number of nitrogens with zero attached hydrogens (tertiary/aromatic N) is 5. The Morgan fingerprint density at radius 1 is 1.11 bits per heavy atom. The number of pyridine rings is 2. The van der Waals surface area contributed by atoms with Crippen LogP contribution in [-0.2, 0) is 6.54 Å². The Morgan fingerprint density at radius 3 is 2.57 bits per heavy atom. The highest BCUT2D eigenvalue weighted by Gasteiger charge is 2.17. The molecule has 3 aromatic heterocycles. The Bertz CT molecular complexity index is 1400. The van der Waals surface area contributed by atoms with Crippen LogP contribution in [0.15, 0.2) is 48.9 Å². The smallest absolute Gasteiger partial charge is 0.134 e. The molecular formula is C27H27Cl2FN6O. The zero-order valence-electron chi connectivity index (χ0n) is 20.6. The lowest BCUT2D eigenvalue weighted by molar-refractivity contribution is 0.147. The van der Waals surface area contributed by atoms with Gasteiger partial charge in [0.05, 0.1) is 26.9 Å². The molecule has 0 saturated carbocycles. The minimum absolute atomic E-state index is 0.403. The van der Waals surface area contributed by atoms with Gasteiger partial charge in [0.15, 0.2) is 0 Å². The summed E-state index contributed by atoms with van der Waals surface area (Å²) < 4.78 is 21.3. The number of halogens is 3. The number of likely N-dealkylation sites (N-methyl/N-ethyl adjacent to an activating group) is 1. The summed E-state index contributed by atoms with van der Waals surface area (Å²) in [5.74, 6) is 0.176. The van der Waals surface area contributed by atoms with Crippen LogP contribution in [0.1, 0.15) is 35.5 Å². The van der Waals surface area contributed by atoms with Crippen molar-refractivity contribution in [2.75, 3.05) is 33.2 Å². The van der Waals surface area contributed by atoms with E-state index in [-0.39, 0.29) is 0 Å². The number of fused-ring (bicyclic) bond motifs is 1. The lowest BCUT2D eigenvalue weighted by atomic mass is 10.1. The highest BCUT2D eigenvalue weighted by atomic mass is 35.5. The Labute approximate surface area is 224 Å². The molecule has 0 unspecified atom stereocenters. The summed E-state index contributed by atoms with van der Waals surface area (Å²) >= 11 is 12.5. The van der Waals surface area contributed by atoms with Gasteiger partial charge in [0.1, 0.15) is 17.7 Å². The second-order valence-electron chi connectivity index (χ2n) is 9.20. The molecule has 1 aliphatic rings. The van der Waals surface area contributed by atoms with E-state index in [0.717, 1.165) is 43.8 Å². The second-order valence-corrected chi connectivity index (χ2v) is 10.0. The van der Waals surface area contributed by atoms with Crippen LogP contribution in [0.4, 0.5) is 4.39 Å². The molecule has 192 valence electrons. The van der Waals surface area contributed by atoms with Crippen molar-refractivity contribution in [1.29, 1.82) is 0 Å². The Morgan fingerprint density at radius 2 is 1.86 bits per heavy atom. The number of aromatic amines is 1. The highest BCUT2D eigenvalue weighted by molar-refractivity contribution is 6.35. The molecule has 7 nitrogen and oxygen atoms in total. The summed E-state index contributed by atoms with van der Waals surface area (Å²) in [6, 6.07) is 9.08. The van der Waals surface area contributed by atoms with Crippen LogP contribution in [0.3, 0.4) is 0 Å². The maximum Gasteiger partial charge on any atom is 0.134 e. The molecule has 4 heterocycles. The molecule has 4 aromatic rings. The molecule has 1 aromatic carbocycles.